The largest absolute Gasteiger partial charge is 0.465 e. The Kier molecular flexibility index (Phi) is 7.65. The van der Waals surface area contributed by atoms with Gasteiger partial charge in [0.05, 0.1) is 23.9 Å². The number of thiocarbonyl (C=S) groups is 1. The molecule has 2 amide bonds. The van der Waals surface area contributed by atoms with Crippen molar-refractivity contribution in [3.63, 3.8) is 0 Å². The highest BCUT2D eigenvalue weighted by atomic mass is 32.1. The molecule has 0 aromatic heterocycles. The summed E-state index contributed by atoms with van der Waals surface area (Å²) in [6, 6.07) is 12.8. The van der Waals surface area contributed by atoms with E-state index in [0.717, 1.165) is 6.42 Å². The molecule has 0 aliphatic rings. The molecule has 0 heterocycles. The van der Waals surface area contributed by atoms with Crippen LogP contribution in [0.5, 0.6) is 0 Å². The maximum Gasteiger partial charge on any atom is 0.337 e. The van der Waals surface area contributed by atoms with E-state index < -0.39 is 11.9 Å². The number of hydrogen-bond donors (Lipinski definition) is 3. The zero-order valence-electron chi connectivity index (χ0n) is 15.6. The molecule has 0 saturated heterocycles. The number of benzene rings is 2. The molecule has 0 fully saturated rings. The Balaban J connectivity index is 2.03. The Hall–Kier alpha value is -3.26. The Bertz CT molecular complexity index is 881. The first-order valence-corrected chi connectivity index (χ1v) is 9.05. The maximum absolute atomic E-state index is 12.3. The number of esters is 1. The van der Waals surface area contributed by atoms with Gasteiger partial charge in [-0.05, 0) is 55.0 Å². The second-order valence-electron chi connectivity index (χ2n) is 5.78. The first kappa shape index (κ1) is 21.0. The second-order valence-corrected chi connectivity index (χ2v) is 6.19. The summed E-state index contributed by atoms with van der Waals surface area (Å²) in [5.41, 5.74) is 1.58. The minimum Gasteiger partial charge on any atom is -0.465 e. The molecule has 0 aliphatic carbocycles. The van der Waals surface area contributed by atoms with E-state index in [4.69, 9.17) is 12.2 Å². The van der Waals surface area contributed by atoms with Gasteiger partial charge < -0.3 is 15.4 Å². The molecule has 28 heavy (non-hydrogen) atoms. The zero-order chi connectivity index (χ0) is 20.5. The van der Waals surface area contributed by atoms with E-state index in [1.807, 2.05) is 6.92 Å². The lowest BCUT2D eigenvalue weighted by molar-refractivity contribution is 0.0600. The van der Waals surface area contributed by atoms with Crippen molar-refractivity contribution in [2.24, 2.45) is 0 Å². The van der Waals surface area contributed by atoms with Crippen LogP contribution < -0.4 is 16.0 Å². The van der Waals surface area contributed by atoms with Gasteiger partial charge in [0.2, 0.25) is 0 Å². The van der Waals surface area contributed by atoms with Crippen LogP contribution in [0.4, 0.5) is 5.69 Å². The molecule has 8 heteroatoms. The number of nitrogens with one attached hydrogen (secondary N) is 3. The third kappa shape index (κ3) is 5.62. The van der Waals surface area contributed by atoms with E-state index in [0.29, 0.717) is 28.9 Å². The van der Waals surface area contributed by atoms with Gasteiger partial charge in [0.1, 0.15) is 0 Å². The van der Waals surface area contributed by atoms with E-state index in [9.17, 15) is 14.4 Å². The van der Waals surface area contributed by atoms with Crippen LogP contribution in [0.3, 0.4) is 0 Å². The van der Waals surface area contributed by atoms with Crippen LogP contribution >= 0.6 is 12.2 Å². The number of para-hydroxylation sites is 1. The first-order valence-electron chi connectivity index (χ1n) is 8.64. The summed E-state index contributed by atoms with van der Waals surface area (Å²) in [6.45, 7) is 2.53. The summed E-state index contributed by atoms with van der Waals surface area (Å²) < 4.78 is 4.62. The number of anilines is 1. The summed E-state index contributed by atoms with van der Waals surface area (Å²) >= 11 is 5.18. The second kappa shape index (κ2) is 10.2. The lowest BCUT2D eigenvalue weighted by Crippen LogP contribution is -2.35. The van der Waals surface area contributed by atoms with E-state index in [-0.39, 0.29) is 11.0 Å². The van der Waals surface area contributed by atoms with Crippen molar-refractivity contribution < 1.29 is 19.1 Å². The lowest BCUT2D eigenvalue weighted by atomic mass is 10.1. The van der Waals surface area contributed by atoms with Crippen molar-refractivity contribution in [2.75, 3.05) is 19.0 Å². The van der Waals surface area contributed by atoms with Crippen LogP contribution in [0.1, 0.15) is 44.4 Å². The van der Waals surface area contributed by atoms with Crippen LogP contribution in [-0.4, -0.2) is 36.6 Å². The molecule has 0 atom stereocenters. The average Bonchev–Trinajstić information content (AvgIpc) is 2.71. The molecule has 3 N–H and O–H groups in total. The number of hydrogen-bond acceptors (Lipinski definition) is 5. The summed E-state index contributed by atoms with van der Waals surface area (Å²) in [5, 5.41) is 8.28. The topological polar surface area (TPSA) is 96.5 Å². The van der Waals surface area contributed by atoms with Crippen LogP contribution in [-0.2, 0) is 4.74 Å². The van der Waals surface area contributed by atoms with Crippen molar-refractivity contribution in [3.8, 4) is 0 Å². The van der Waals surface area contributed by atoms with Crippen LogP contribution in [0.15, 0.2) is 48.5 Å². The van der Waals surface area contributed by atoms with Crippen molar-refractivity contribution in [2.45, 2.75) is 13.3 Å². The fourth-order valence-corrected chi connectivity index (χ4v) is 2.53. The number of ether oxygens (including phenoxy) is 1. The van der Waals surface area contributed by atoms with Crippen LogP contribution in [0.25, 0.3) is 0 Å². The van der Waals surface area contributed by atoms with Gasteiger partial charge in [0.25, 0.3) is 11.8 Å². The van der Waals surface area contributed by atoms with Gasteiger partial charge in [0, 0.05) is 12.1 Å². The number of methoxy groups -OCH3 is 1. The summed E-state index contributed by atoms with van der Waals surface area (Å²) in [5.74, 6) is -1.15. The van der Waals surface area contributed by atoms with E-state index >= 15 is 0 Å². The quantitative estimate of drug-likeness (QED) is 0.511. The fraction of sp³-hybridized carbons (Fsp3) is 0.200. The smallest absolute Gasteiger partial charge is 0.337 e. The van der Waals surface area contributed by atoms with Gasteiger partial charge in [0.15, 0.2) is 5.11 Å². The van der Waals surface area contributed by atoms with E-state index in [2.05, 4.69) is 20.7 Å². The van der Waals surface area contributed by atoms with Crippen molar-refractivity contribution in [1.82, 2.24) is 10.6 Å². The normalized spacial score (nSPS) is 9.93. The highest BCUT2D eigenvalue weighted by Crippen LogP contribution is 2.15. The van der Waals surface area contributed by atoms with Gasteiger partial charge in [-0.25, -0.2) is 4.79 Å². The van der Waals surface area contributed by atoms with Crippen molar-refractivity contribution in [1.29, 1.82) is 0 Å². The highest BCUT2D eigenvalue weighted by Gasteiger charge is 2.14. The van der Waals surface area contributed by atoms with Gasteiger partial charge >= 0.3 is 5.97 Å². The highest BCUT2D eigenvalue weighted by molar-refractivity contribution is 7.80. The molecular formula is C20H21N3O4S. The molecule has 0 saturated carbocycles. The third-order valence-corrected chi connectivity index (χ3v) is 3.95. The minimum absolute atomic E-state index is 0.0535. The predicted octanol–water partition coefficient (Wildman–Crippen LogP) is 2.74. The van der Waals surface area contributed by atoms with Gasteiger partial charge in [-0.2, -0.15) is 0 Å². The molecule has 146 valence electrons. The summed E-state index contributed by atoms with van der Waals surface area (Å²) in [7, 11) is 1.29. The average molecular weight is 399 g/mol. The predicted molar refractivity (Wildman–Crippen MR) is 111 cm³/mol. The van der Waals surface area contributed by atoms with Crippen LogP contribution in [0.2, 0.25) is 0 Å². The molecular weight excluding hydrogens is 378 g/mol. The van der Waals surface area contributed by atoms with Gasteiger partial charge in [-0.3, -0.25) is 14.9 Å². The maximum atomic E-state index is 12.3. The Labute approximate surface area is 168 Å². The third-order valence-electron chi connectivity index (χ3n) is 3.75. The molecule has 0 spiro atoms. The summed E-state index contributed by atoms with van der Waals surface area (Å²) in [6.07, 6.45) is 0.824. The Morgan fingerprint density at radius 2 is 1.61 bits per heavy atom. The van der Waals surface area contributed by atoms with E-state index in [1.54, 1.807) is 24.3 Å². The van der Waals surface area contributed by atoms with Gasteiger partial charge in [-0.15, -0.1) is 0 Å². The summed E-state index contributed by atoms with van der Waals surface area (Å²) in [4.78, 5) is 36.0. The molecule has 0 bridgehead atoms. The van der Waals surface area contributed by atoms with Crippen molar-refractivity contribution >= 4 is 40.8 Å². The molecule has 0 unspecified atom stereocenters. The molecule has 0 aliphatic heterocycles. The molecule has 0 radical (unpaired) electrons. The first-order chi connectivity index (χ1) is 13.5. The number of rotatable bonds is 6. The standard InChI is InChI=1S/C20H21N3O4S/c1-3-12-21-18(25)15-6-4-5-7-16(15)22-20(28)23-17(24)13-8-10-14(11-9-13)19(26)27-2/h4-11H,3,12H2,1-2H3,(H,21,25)(H2,22,23,24,28). The SMILES string of the molecule is CCCNC(=O)c1ccccc1NC(=S)NC(=O)c1ccc(C(=O)OC)cc1. The minimum atomic E-state index is -0.484. The Morgan fingerprint density at radius 3 is 2.25 bits per heavy atom. The van der Waals surface area contributed by atoms with Crippen LogP contribution in [0, 0.1) is 0 Å². The lowest BCUT2D eigenvalue weighted by Gasteiger charge is -2.13. The molecule has 2 aromatic rings. The van der Waals surface area contributed by atoms with Gasteiger partial charge in [-0.1, -0.05) is 19.1 Å². The number of amides is 2. The van der Waals surface area contributed by atoms with Crippen molar-refractivity contribution in [3.05, 3.63) is 65.2 Å². The molecule has 2 rings (SSSR count). The Morgan fingerprint density at radius 1 is 0.964 bits per heavy atom. The van der Waals surface area contributed by atoms with E-state index in [1.165, 1.54) is 31.4 Å². The fourth-order valence-electron chi connectivity index (χ4n) is 2.33. The monoisotopic (exact) mass is 399 g/mol. The number of carbonyl (C=O) groups is 3. The number of carbonyl (C=O) groups excluding carboxylic acids is 3. The molecule has 2 aromatic carbocycles. The molecule has 7 nitrogen and oxygen atoms in total. The zero-order valence-corrected chi connectivity index (χ0v) is 16.4.